The lowest BCUT2D eigenvalue weighted by atomic mass is 9.66. The molecule has 2 fully saturated rings. The van der Waals surface area contributed by atoms with Crippen molar-refractivity contribution >= 4 is 32.6 Å². The third-order valence-corrected chi connectivity index (χ3v) is 10.6. The quantitative estimate of drug-likeness (QED) is 0.576. The molecule has 0 N–H and O–H groups in total. The molecule has 8 heteroatoms. The maximum atomic E-state index is 13.5. The van der Waals surface area contributed by atoms with Crippen LogP contribution in [0.2, 0.25) is 0 Å². The van der Waals surface area contributed by atoms with Gasteiger partial charge in [0.15, 0.2) is 0 Å². The van der Waals surface area contributed by atoms with Crippen molar-refractivity contribution in [3.05, 3.63) is 35.5 Å². The molecule has 4 aliphatic rings. The summed E-state index contributed by atoms with van der Waals surface area (Å²) in [6.07, 6.45) is 9.07. The molecule has 6 rings (SSSR count). The first-order valence-electron chi connectivity index (χ1n) is 13.2. The van der Waals surface area contributed by atoms with Crippen LogP contribution in [0.15, 0.2) is 29.2 Å². The Balaban J connectivity index is 1.57. The molecule has 2 aromatic rings. The van der Waals surface area contributed by atoms with Gasteiger partial charge in [-0.15, -0.1) is 0 Å². The molecule has 2 saturated heterocycles. The number of carbonyl (C=O) groups is 1. The summed E-state index contributed by atoms with van der Waals surface area (Å²) in [6.45, 7) is 7.58. The fraction of sp³-hybridized carbons (Fsp3) is 0.593. The number of ether oxygens (including phenoxy) is 1. The van der Waals surface area contributed by atoms with Gasteiger partial charge in [0.1, 0.15) is 5.70 Å². The first-order valence-corrected chi connectivity index (χ1v) is 14.7. The van der Waals surface area contributed by atoms with Crippen LogP contribution in [0.5, 0.6) is 0 Å². The molecular weight excluding hydrogens is 462 g/mol. The first kappa shape index (κ1) is 23.3. The third-order valence-electron chi connectivity index (χ3n) is 8.75. The number of piperidine rings is 2. The maximum Gasteiger partial charge on any atom is 0.354 e. The molecule has 188 valence electrons. The summed E-state index contributed by atoms with van der Waals surface area (Å²) < 4.78 is 36.2. The Morgan fingerprint density at radius 3 is 2.63 bits per heavy atom. The number of benzene rings is 1. The van der Waals surface area contributed by atoms with Crippen LogP contribution in [0.25, 0.3) is 16.6 Å². The zero-order chi connectivity index (χ0) is 24.4. The molecule has 5 heterocycles. The highest BCUT2D eigenvalue weighted by molar-refractivity contribution is 7.89. The molecule has 0 unspecified atom stereocenters. The van der Waals surface area contributed by atoms with Gasteiger partial charge in [0.05, 0.1) is 23.1 Å². The standard InChI is InChI=1S/C27H35N3O4S/c1-3-27-12-8-13-28-16-11-20-21-17-19(35(32,33)29-14-6-5-7-15-29)9-10-22(21)30(24(20)25(27)28)23(18-27)26(31)34-4-2/h9-10,17-18,25H,3-8,11-16H2,1-2H3/t25-,27+/m1/s1. The van der Waals surface area contributed by atoms with Crippen LogP contribution >= 0.6 is 0 Å². The number of nitrogens with zero attached hydrogens (tertiary/aromatic N) is 3. The predicted molar refractivity (Wildman–Crippen MR) is 135 cm³/mol. The van der Waals surface area contributed by atoms with Crippen LogP contribution in [0.3, 0.4) is 0 Å². The van der Waals surface area contributed by atoms with Crippen LogP contribution in [-0.2, 0) is 26.0 Å². The molecule has 2 atom stereocenters. The average molecular weight is 498 g/mol. The van der Waals surface area contributed by atoms with Crippen molar-refractivity contribution in [1.29, 1.82) is 0 Å². The van der Waals surface area contributed by atoms with E-state index in [1.807, 2.05) is 19.1 Å². The van der Waals surface area contributed by atoms with E-state index in [-0.39, 0.29) is 17.4 Å². The number of carbonyl (C=O) groups excluding carboxylic acids is 1. The minimum absolute atomic E-state index is 0.109. The van der Waals surface area contributed by atoms with Crippen molar-refractivity contribution in [3.8, 4) is 0 Å². The second-order valence-corrected chi connectivity index (χ2v) is 12.4. The largest absolute Gasteiger partial charge is 0.461 e. The van der Waals surface area contributed by atoms with Crippen molar-refractivity contribution in [1.82, 2.24) is 13.8 Å². The number of aromatic nitrogens is 1. The minimum Gasteiger partial charge on any atom is -0.461 e. The molecule has 1 aromatic carbocycles. The fourth-order valence-electron chi connectivity index (χ4n) is 7.08. The van der Waals surface area contributed by atoms with E-state index in [0.717, 1.165) is 68.9 Å². The van der Waals surface area contributed by atoms with Gasteiger partial charge in [0, 0.05) is 36.1 Å². The zero-order valence-corrected chi connectivity index (χ0v) is 21.6. The summed E-state index contributed by atoms with van der Waals surface area (Å²) in [5, 5.41) is 0.963. The molecule has 35 heavy (non-hydrogen) atoms. The van der Waals surface area contributed by atoms with Crippen molar-refractivity contribution in [3.63, 3.8) is 0 Å². The maximum absolute atomic E-state index is 13.5. The van der Waals surface area contributed by atoms with Gasteiger partial charge in [-0.25, -0.2) is 13.2 Å². The lowest BCUT2D eigenvalue weighted by Gasteiger charge is -2.53. The van der Waals surface area contributed by atoms with Gasteiger partial charge in [-0.2, -0.15) is 4.31 Å². The summed E-state index contributed by atoms with van der Waals surface area (Å²) in [4.78, 5) is 16.2. The van der Waals surface area contributed by atoms with Crippen LogP contribution in [-0.4, -0.2) is 60.9 Å². The molecule has 0 aliphatic carbocycles. The predicted octanol–water partition coefficient (Wildman–Crippen LogP) is 4.32. The molecule has 7 nitrogen and oxygen atoms in total. The Morgan fingerprint density at radius 2 is 1.89 bits per heavy atom. The number of hydrogen-bond acceptors (Lipinski definition) is 5. The number of sulfonamides is 1. The number of rotatable bonds is 5. The van der Waals surface area contributed by atoms with Gasteiger partial charge in [0.25, 0.3) is 0 Å². The second kappa shape index (κ2) is 8.46. The zero-order valence-electron chi connectivity index (χ0n) is 20.8. The molecule has 0 amide bonds. The summed E-state index contributed by atoms with van der Waals surface area (Å²) in [6, 6.07) is 5.71. The highest BCUT2D eigenvalue weighted by Gasteiger charge is 2.51. The smallest absolute Gasteiger partial charge is 0.354 e. The fourth-order valence-corrected chi connectivity index (χ4v) is 8.62. The van der Waals surface area contributed by atoms with E-state index in [2.05, 4.69) is 22.5 Å². The normalized spacial score (nSPS) is 26.9. The van der Waals surface area contributed by atoms with Crippen LogP contribution < -0.4 is 0 Å². The van der Waals surface area contributed by atoms with E-state index in [0.29, 0.717) is 30.3 Å². The van der Waals surface area contributed by atoms with Gasteiger partial charge < -0.3 is 9.30 Å². The Morgan fingerprint density at radius 1 is 1.09 bits per heavy atom. The molecule has 0 saturated carbocycles. The monoisotopic (exact) mass is 497 g/mol. The van der Waals surface area contributed by atoms with Crippen molar-refractivity contribution < 1.29 is 17.9 Å². The first-order chi connectivity index (χ1) is 16.9. The summed E-state index contributed by atoms with van der Waals surface area (Å²) in [5.74, 6) is -0.300. The Hall–Kier alpha value is -2.16. The Bertz CT molecular complexity index is 1320. The molecule has 0 bridgehead atoms. The lowest BCUT2D eigenvalue weighted by molar-refractivity contribution is -0.136. The van der Waals surface area contributed by atoms with Gasteiger partial charge >= 0.3 is 5.97 Å². The van der Waals surface area contributed by atoms with E-state index < -0.39 is 10.0 Å². The van der Waals surface area contributed by atoms with E-state index in [1.165, 1.54) is 11.3 Å². The molecular formula is C27H35N3O4S. The minimum atomic E-state index is -3.54. The van der Waals surface area contributed by atoms with E-state index in [9.17, 15) is 13.2 Å². The van der Waals surface area contributed by atoms with Gasteiger partial charge in [-0.3, -0.25) is 4.90 Å². The molecule has 4 aliphatic heterocycles. The third kappa shape index (κ3) is 3.36. The molecule has 1 aromatic heterocycles. The molecule has 0 radical (unpaired) electrons. The van der Waals surface area contributed by atoms with Crippen molar-refractivity contribution in [2.75, 3.05) is 32.8 Å². The average Bonchev–Trinajstić information content (AvgIpc) is 3.22. The summed E-state index contributed by atoms with van der Waals surface area (Å²) in [7, 11) is -3.54. The van der Waals surface area contributed by atoms with E-state index in [1.54, 1.807) is 10.4 Å². The van der Waals surface area contributed by atoms with Crippen LogP contribution in [0.4, 0.5) is 0 Å². The highest BCUT2D eigenvalue weighted by Crippen LogP contribution is 2.57. The second-order valence-electron chi connectivity index (χ2n) is 10.5. The number of hydrogen-bond donors (Lipinski definition) is 0. The topological polar surface area (TPSA) is 71.8 Å². The lowest BCUT2D eigenvalue weighted by Crippen LogP contribution is -2.51. The highest BCUT2D eigenvalue weighted by atomic mass is 32.2. The summed E-state index contributed by atoms with van der Waals surface area (Å²) >= 11 is 0. The van der Waals surface area contributed by atoms with Crippen molar-refractivity contribution in [2.45, 2.75) is 69.7 Å². The van der Waals surface area contributed by atoms with E-state index >= 15 is 0 Å². The SMILES string of the molecule is CCOC(=O)C1=C[C@]2(CC)CCCN3CCc4c(n1c1ccc(S(=O)(=O)N5CCCCC5)cc41)[C@@H]32. The summed E-state index contributed by atoms with van der Waals surface area (Å²) in [5.41, 5.74) is 3.76. The van der Waals surface area contributed by atoms with Crippen LogP contribution in [0.1, 0.15) is 69.7 Å². The van der Waals surface area contributed by atoms with Gasteiger partial charge in [-0.05, 0) is 81.8 Å². The van der Waals surface area contributed by atoms with Gasteiger partial charge in [-0.1, -0.05) is 13.3 Å². The van der Waals surface area contributed by atoms with Gasteiger partial charge in [0.2, 0.25) is 10.0 Å². The van der Waals surface area contributed by atoms with E-state index in [4.69, 9.17) is 4.74 Å². The number of esters is 1. The van der Waals surface area contributed by atoms with Crippen LogP contribution in [0, 0.1) is 5.41 Å². The Kier molecular flexibility index (Phi) is 5.62. The molecule has 0 spiro atoms. The Labute approximate surface area is 207 Å². The van der Waals surface area contributed by atoms with Crippen molar-refractivity contribution in [2.24, 2.45) is 5.41 Å². The number of fused-ring (bicyclic) bond motifs is 3.